The maximum absolute atomic E-state index is 12.3. The minimum atomic E-state index is -0.240. The summed E-state index contributed by atoms with van der Waals surface area (Å²) in [6.45, 7) is 5.37. The van der Waals surface area contributed by atoms with Crippen molar-refractivity contribution in [3.05, 3.63) is 46.3 Å². The molecule has 6 nitrogen and oxygen atoms in total. The van der Waals surface area contributed by atoms with Gasteiger partial charge in [-0.05, 0) is 38.5 Å². The quantitative estimate of drug-likeness (QED) is 0.806. The standard InChI is InChI=1S/C15H18N4O2/c1-8-11(14(20)16-4)6-5-7-12(8)17-15(21)13-9(2)18-19-10(13)3/h5-7H,1-4H3,(H,16,20)(H,17,21)(H,18,19). The zero-order valence-electron chi connectivity index (χ0n) is 12.5. The summed E-state index contributed by atoms with van der Waals surface area (Å²) in [5, 5.41) is 12.2. The van der Waals surface area contributed by atoms with Crippen LogP contribution in [0.25, 0.3) is 0 Å². The Bertz CT molecular complexity index is 684. The number of carbonyl (C=O) groups is 2. The fraction of sp³-hybridized carbons (Fsp3) is 0.267. The van der Waals surface area contributed by atoms with Crippen LogP contribution in [-0.2, 0) is 0 Å². The van der Waals surface area contributed by atoms with E-state index < -0.39 is 0 Å². The summed E-state index contributed by atoms with van der Waals surface area (Å²) in [6, 6.07) is 5.23. The molecule has 1 aromatic carbocycles. The van der Waals surface area contributed by atoms with Gasteiger partial charge >= 0.3 is 0 Å². The van der Waals surface area contributed by atoms with Crippen molar-refractivity contribution >= 4 is 17.5 Å². The minimum Gasteiger partial charge on any atom is -0.355 e. The van der Waals surface area contributed by atoms with Crippen molar-refractivity contribution in [2.75, 3.05) is 12.4 Å². The van der Waals surface area contributed by atoms with Gasteiger partial charge in [-0.2, -0.15) is 5.10 Å². The fourth-order valence-corrected chi connectivity index (χ4v) is 2.22. The van der Waals surface area contributed by atoms with E-state index in [2.05, 4.69) is 20.8 Å². The van der Waals surface area contributed by atoms with E-state index in [1.807, 2.05) is 0 Å². The number of carbonyl (C=O) groups excluding carboxylic acids is 2. The van der Waals surface area contributed by atoms with E-state index in [1.165, 1.54) is 0 Å². The van der Waals surface area contributed by atoms with Crippen molar-refractivity contribution in [3.63, 3.8) is 0 Å². The molecule has 0 fully saturated rings. The van der Waals surface area contributed by atoms with Gasteiger partial charge in [-0.25, -0.2) is 0 Å². The van der Waals surface area contributed by atoms with Crippen LogP contribution in [0, 0.1) is 20.8 Å². The van der Waals surface area contributed by atoms with Gasteiger partial charge < -0.3 is 10.6 Å². The second-order valence-corrected chi connectivity index (χ2v) is 4.82. The number of H-pyrrole nitrogens is 1. The zero-order chi connectivity index (χ0) is 15.6. The van der Waals surface area contributed by atoms with Crippen LogP contribution in [-0.4, -0.2) is 29.1 Å². The van der Waals surface area contributed by atoms with E-state index >= 15 is 0 Å². The molecule has 0 bridgehead atoms. The summed E-state index contributed by atoms with van der Waals surface area (Å²) in [6.07, 6.45) is 0. The van der Waals surface area contributed by atoms with Crippen LogP contribution < -0.4 is 10.6 Å². The Morgan fingerprint density at radius 2 is 1.86 bits per heavy atom. The lowest BCUT2D eigenvalue weighted by atomic mass is 10.1. The Labute approximate surface area is 122 Å². The van der Waals surface area contributed by atoms with Crippen molar-refractivity contribution < 1.29 is 9.59 Å². The summed E-state index contributed by atoms with van der Waals surface area (Å²) in [5.74, 6) is -0.421. The Morgan fingerprint density at radius 3 is 2.43 bits per heavy atom. The number of aromatic amines is 1. The van der Waals surface area contributed by atoms with E-state index in [1.54, 1.807) is 46.0 Å². The molecule has 1 heterocycles. The molecule has 0 spiro atoms. The molecule has 0 atom stereocenters. The highest BCUT2D eigenvalue weighted by Gasteiger charge is 2.17. The molecule has 2 aromatic rings. The summed E-state index contributed by atoms with van der Waals surface area (Å²) in [5.41, 5.74) is 3.76. The van der Waals surface area contributed by atoms with Gasteiger partial charge in [-0.1, -0.05) is 6.07 Å². The molecule has 0 saturated carbocycles. The largest absolute Gasteiger partial charge is 0.355 e. The average molecular weight is 286 g/mol. The number of anilines is 1. The Morgan fingerprint density at radius 1 is 1.14 bits per heavy atom. The number of hydrogen-bond donors (Lipinski definition) is 3. The van der Waals surface area contributed by atoms with Crippen molar-refractivity contribution in [1.82, 2.24) is 15.5 Å². The molecule has 2 amide bonds. The number of hydrogen-bond acceptors (Lipinski definition) is 3. The highest BCUT2D eigenvalue weighted by Crippen LogP contribution is 2.20. The molecule has 3 N–H and O–H groups in total. The molecule has 0 saturated heterocycles. The van der Waals surface area contributed by atoms with E-state index in [4.69, 9.17) is 0 Å². The second-order valence-electron chi connectivity index (χ2n) is 4.82. The van der Waals surface area contributed by atoms with Crippen LogP contribution in [0.5, 0.6) is 0 Å². The third-order valence-corrected chi connectivity index (χ3v) is 3.41. The Balaban J connectivity index is 2.32. The smallest absolute Gasteiger partial charge is 0.259 e. The molecular weight excluding hydrogens is 268 g/mol. The number of benzene rings is 1. The molecule has 2 rings (SSSR count). The predicted molar refractivity (Wildman–Crippen MR) is 80.6 cm³/mol. The van der Waals surface area contributed by atoms with Gasteiger partial charge in [-0.3, -0.25) is 14.7 Å². The van der Waals surface area contributed by atoms with Gasteiger partial charge in [0, 0.05) is 24.0 Å². The van der Waals surface area contributed by atoms with Crippen LogP contribution >= 0.6 is 0 Å². The number of rotatable bonds is 3. The van der Waals surface area contributed by atoms with E-state index in [0.717, 1.165) is 5.56 Å². The van der Waals surface area contributed by atoms with Crippen molar-refractivity contribution in [3.8, 4) is 0 Å². The first-order valence-electron chi connectivity index (χ1n) is 6.60. The van der Waals surface area contributed by atoms with E-state index in [0.29, 0.717) is 28.2 Å². The van der Waals surface area contributed by atoms with Crippen LogP contribution in [0.4, 0.5) is 5.69 Å². The lowest BCUT2D eigenvalue weighted by molar-refractivity contribution is 0.0960. The molecule has 21 heavy (non-hydrogen) atoms. The van der Waals surface area contributed by atoms with Crippen molar-refractivity contribution in [2.24, 2.45) is 0 Å². The number of aromatic nitrogens is 2. The molecule has 0 radical (unpaired) electrons. The maximum Gasteiger partial charge on any atom is 0.259 e. The molecular formula is C15H18N4O2. The van der Waals surface area contributed by atoms with Gasteiger partial charge in [0.25, 0.3) is 11.8 Å². The van der Waals surface area contributed by atoms with Crippen LogP contribution in [0.3, 0.4) is 0 Å². The molecule has 0 aliphatic heterocycles. The summed E-state index contributed by atoms with van der Waals surface area (Å²) in [4.78, 5) is 24.1. The van der Waals surface area contributed by atoms with Crippen LogP contribution in [0.1, 0.15) is 37.7 Å². The predicted octanol–water partition coefficient (Wildman–Crippen LogP) is 1.95. The molecule has 6 heteroatoms. The lowest BCUT2D eigenvalue weighted by Crippen LogP contribution is -2.20. The Hall–Kier alpha value is -2.63. The van der Waals surface area contributed by atoms with Gasteiger partial charge in [0.15, 0.2) is 0 Å². The average Bonchev–Trinajstić information content (AvgIpc) is 2.79. The molecule has 1 aromatic heterocycles. The SMILES string of the molecule is CNC(=O)c1cccc(NC(=O)c2c(C)n[nH]c2C)c1C. The van der Waals surface area contributed by atoms with Gasteiger partial charge in [0.2, 0.25) is 0 Å². The number of nitrogens with zero attached hydrogens (tertiary/aromatic N) is 1. The first-order chi connectivity index (χ1) is 9.95. The van der Waals surface area contributed by atoms with Crippen LogP contribution in [0.2, 0.25) is 0 Å². The molecule has 0 aliphatic rings. The van der Waals surface area contributed by atoms with E-state index in [-0.39, 0.29) is 11.8 Å². The maximum atomic E-state index is 12.3. The number of nitrogens with one attached hydrogen (secondary N) is 3. The number of aryl methyl sites for hydroxylation is 2. The summed E-state index contributed by atoms with van der Waals surface area (Å²) in [7, 11) is 1.57. The normalized spacial score (nSPS) is 10.3. The monoisotopic (exact) mass is 286 g/mol. The zero-order valence-corrected chi connectivity index (χ0v) is 12.5. The highest BCUT2D eigenvalue weighted by atomic mass is 16.2. The third kappa shape index (κ3) is 2.79. The summed E-state index contributed by atoms with van der Waals surface area (Å²) < 4.78 is 0. The van der Waals surface area contributed by atoms with Crippen molar-refractivity contribution in [2.45, 2.75) is 20.8 Å². The van der Waals surface area contributed by atoms with Gasteiger partial charge in [0.1, 0.15) is 0 Å². The fourth-order valence-electron chi connectivity index (χ4n) is 2.22. The highest BCUT2D eigenvalue weighted by molar-refractivity contribution is 6.07. The van der Waals surface area contributed by atoms with E-state index in [9.17, 15) is 9.59 Å². The first kappa shape index (κ1) is 14.8. The van der Waals surface area contributed by atoms with Crippen molar-refractivity contribution in [1.29, 1.82) is 0 Å². The summed E-state index contributed by atoms with van der Waals surface area (Å²) >= 11 is 0. The molecule has 0 aliphatic carbocycles. The van der Waals surface area contributed by atoms with Gasteiger partial charge in [0.05, 0.1) is 11.3 Å². The Kier molecular flexibility index (Phi) is 4.07. The molecule has 110 valence electrons. The van der Waals surface area contributed by atoms with Crippen LogP contribution in [0.15, 0.2) is 18.2 Å². The second kappa shape index (κ2) is 5.78. The van der Waals surface area contributed by atoms with Gasteiger partial charge in [-0.15, -0.1) is 0 Å². The minimum absolute atomic E-state index is 0.181. The number of amides is 2. The molecule has 0 unspecified atom stereocenters. The lowest BCUT2D eigenvalue weighted by Gasteiger charge is -2.11. The third-order valence-electron chi connectivity index (χ3n) is 3.41. The topological polar surface area (TPSA) is 86.9 Å². The first-order valence-corrected chi connectivity index (χ1v) is 6.60.